The van der Waals surface area contributed by atoms with Gasteiger partial charge in [0.25, 0.3) is 0 Å². The Morgan fingerprint density at radius 1 is 1.28 bits per heavy atom. The number of halogens is 4. The third-order valence-electron chi connectivity index (χ3n) is 2.75. The molecule has 1 unspecified atom stereocenters. The zero-order valence-corrected chi connectivity index (χ0v) is 12.0. The van der Waals surface area contributed by atoms with Crippen LogP contribution in [0.5, 0.6) is 0 Å². The van der Waals surface area contributed by atoms with Crippen LogP contribution in [0.25, 0.3) is 0 Å². The average molecular weight is 324 g/mol. The van der Waals surface area contributed by atoms with Crippen LogP contribution in [-0.2, 0) is 6.18 Å². The van der Waals surface area contributed by atoms with Crippen molar-refractivity contribution < 1.29 is 13.2 Å². The van der Waals surface area contributed by atoms with Crippen LogP contribution in [0.1, 0.15) is 43.9 Å². The van der Waals surface area contributed by atoms with Crippen LogP contribution in [0.15, 0.2) is 22.7 Å². The van der Waals surface area contributed by atoms with E-state index in [0.717, 1.165) is 19.4 Å². The standard InChI is InChI=1S/C13H17BrF3N/c1-3-7-18-12(4-2)9-5-6-11(14)10(8-9)13(15,16)17/h5-6,8,12,18H,3-4,7H2,1-2H3. The highest BCUT2D eigenvalue weighted by molar-refractivity contribution is 9.10. The van der Waals surface area contributed by atoms with Crippen molar-refractivity contribution in [1.82, 2.24) is 5.32 Å². The van der Waals surface area contributed by atoms with Crippen molar-refractivity contribution in [1.29, 1.82) is 0 Å². The molecular weight excluding hydrogens is 307 g/mol. The van der Waals surface area contributed by atoms with Gasteiger partial charge in [-0.3, -0.25) is 0 Å². The molecule has 1 aromatic carbocycles. The largest absolute Gasteiger partial charge is 0.417 e. The van der Waals surface area contributed by atoms with Crippen molar-refractivity contribution in [3.8, 4) is 0 Å². The minimum Gasteiger partial charge on any atom is -0.310 e. The summed E-state index contributed by atoms with van der Waals surface area (Å²) >= 11 is 2.95. The Morgan fingerprint density at radius 3 is 2.44 bits per heavy atom. The molecular formula is C13H17BrF3N. The third kappa shape index (κ3) is 3.99. The summed E-state index contributed by atoms with van der Waals surface area (Å²) in [5.74, 6) is 0. The van der Waals surface area contributed by atoms with Gasteiger partial charge in [-0.25, -0.2) is 0 Å². The minimum absolute atomic E-state index is 0.0286. The van der Waals surface area contributed by atoms with E-state index >= 15 is 0 Å². The second-order valence-electron chi connectivity index (χ2n) is 4.15. The molecule has 0 saturated carbocycles. The monoisotopic (exact) mass is 323 g/mol. The van der Waals surface area contributed by atoms with Crippen molar-refractivity contribution in [3.05, 3.63) is 33.8 Å². The first-order chi connectivity index (χ1) is 8.40. The highest BCUT2D eigenvalue weighted by atomic mass is 79.9. The van der Waals surface area contributed by atoms with Gasteiger partial charge in [0, 0.05) is 10.5 Å². The fourth-order valence-corrected chi connectivity index (χ4v) is 2.26. The molecule has 0 bridgehead atoms. The predicted molar refractivity (Wildman–Crippen MR) is 70.5 cm³/mol. The number of hydrogen-bond donors (Lipinski definition) is 1. The molecule has 102 valence electrons. The molecule has 0 amide bonds. The highest BCUT2D eigenvalue weighted by Gasteiger charge is 2.33. The molecule has 1 rings (SSSR count). The fourth-order valence-electron chi connectivity index (χ4n) is 1.79. The molecule has 0 heterocycles. The van der Waals surface area contributed by atoms with Gasteiger partial charge in [0.05, 0.1) is 5.56 Å². The van der Waals surface area contributed by atoms with E-state index in [1.807, 2.05) is 13.8 Å². The lowest BCUT2D eigenvalue weighted by Crippen LogP contribution is -2.22. The second-order valence-corrected chi connectivity index (χ2v) is 5.01. The molecule has 0 fully saturated rings. The van der Waals surface area contributed by atoms with Crippen molar-refractivity contribution in [2.24, 2.45) is 0 Å². The highest BCUT2D eigenvalue weighted by Crippen LogP contribution is 2.36. The van der Waals surface area contributed by atoms with Gasteiger partial charge in [0.15, 0.2) is 0 Å². The maximum Gasteiger partial charge on any atom is 0.417 e. The van der Waals surface area contributed by atoms with Crippen molar-refractivity contribution in [3.63, 3.8) is 0 Å². The van der Waals surface area contributed by atoms with E-state index in [1.165, 1.54) is 12.1 Å². The molecule has 1 aromatic rings. The van der Waals surface area contributed by atoms with E-state index in [2.05, 4.69) is 21.2 Å². The van der Waals surface area contributed by atoms with E-state index < -0.39 is 11.7 Å². The number of nitrogens with one attached hydrogen (secondary N) is 1. The van der Waals surface area contributed by atoms with Crippen LogP contribution in [0.3, 0.4) is 0 Å². The molecule has 0 aliphatic heterocycles. The van der Waals surface area contributed by atoms with Crippen molar-refractivity contribution in [2.75, 3.05) is 6.54 Å². The number of rotatable bonds is 5. The van der Waals surface area contributed by atoms with Crippen LogP contribution < -0.4 is 5.32 Å². The first-order valence-corrected chi connectivity index (χ1v) is 6.79. The summed E-state index contributed by atoms with van der Waals surface area (Å²) in [6, 6.07) is 4.39. The van der Waals surface area contributed by atoms with Crippen molar-refractivity contribution in [2.45, 2.75) is 38.9 Å². The molecule has 5 heteroatoms. The normalized spacial score (nSPS) is 13.7. The van der Waals surface area contributed by atoms with Crippen LogP contribution in [0.4, 0.5) is 13.2 Å². The van der Waals surface area contributed by atoms with E-state index in [-0.39, 0.29) is 10.5 Å². The summed E-state index contributed by atoms with van der Waals surface area (Å²) in [4.78, 5) is 0. The molecule has 0 radical (unpaired) electrons. The van der Waals surface area contributed by atoms with Gasteiger partial charge >= 0.3 is 6.18 Å². The molecule has 0 spiro atoms. The summed E-state index contributed by atoms with van der Waals surface area (Å²) in [7, 11) is 0. The smallest absolute Gasteiger partial charge is 0.310 e. The minimum atomic E-state index is -4.32. The van der Waals surface area contributed by atoms with Crippen LogP contribution >= 0.6 is 15.9 Å². The summed E-state index contributed by atoms with van der Waals surface area (Å²) < 4.78 is 38.5. The van der Waals surface area contributed by atoms with E-state index in [9.17, 15) is 13.2 Å². The quantitative estimate of drug-likeness (QED) is 0.811. The third-order valence-corrected chi connectivity index (χ3v) is 3.44. The Labute approximate surface area is 114 Å². The Bertz CT molecular complexity index is 390. The van der Waals surface area contributed by atoms with E-state index in [0.29, 0.717) is 5.56 Å². The van der Waals surface area contributed by atoms with Gasteiger partial charge in [-0.15, -0.1) is 0 Å². The molecule has 18 heavy (non-hydrogen) atoms. The molecule has 0 saturated heterocycles. The average Bonchev–Trinajstić information content (AvgIpc) is 2.30. The van der Waals surface area contributed by atoms with Crippen LogP contribution in [0, 0.1) is 0 Å². The maximum atomic E-state index is 12.8. The first-order valence-electron chi connectivity index (χ1n) is 6.00. The van der Waals surface area contributed by atoms with Gasteiger partial charge in [0.2, 0.25) is 0 Å². The summed E-state index contributed by atoms with van der Waals surface area (Å²) in [6.07, 6.45) is -2.60. The van der Waals surface area contributed by atoms with Crippen LogP contribution in [-0.4, -0.2) is 6.54 Å². The number of hydrogen-bond acceptors (Lipinski definition) is 1. The SMILES string of the molecule is CCCNC(CC)c1ccc(Br)c(C(F)(F)F)c1. The van der Waals surface area contributed by atoms with Gasteiger partial charge in [0.1, 0.15) is 0 Å². The Morgan fingerprint density at radius 2 is 1.94 bits per heavy atom. The van der Waals surface area contributed by atoms with Gasteiger partial charge < -0.3 is 5.32 Å². The summed E-state index contributed by atoms with van der Waals surface area (Å²) in [5, 5.41) is 3.25. The zero-order valence-electron chi connectivity index (χ0n) is 10.4. The molecule has 0 aromatic heterocycles. The topological polar surface area (TPSA) is 12.0 Å². The Balaban J connectivity index is 3.02. The van der Waals surface area contributed by atoms with E-state index in [4.69, 9.17) is 0 Å². The predicted octanol–water partition coefficient (Wildman–Crippen LogP) is 4.92. The summed E-state index contributed by atoms with van der Waals surface area (Å²) in [5.41, 5.74) is 0.0678. The molecule has 0 aliphatic rings. The van der Waals surface area contributed by atoms with Gasteiger partial charge in [-0.05, 0) is 37.1 Å². The lowest BCUT2D eigenvalue weighted by molar-refractivity contribution is -0.138. The second kappa shape index (κ2) is 6.57. The lowest BCUT2D eigenvalue weighted by Gasteiger charge is -2.19. The molecule has 1 nitrogen and oxygen atoms in total. The lowest BCUT2D eigenvalue weighted by atomic mass is 10.0. The summed E-state index contributed by atoms with van der Waals surface area (Å²) in [6.45, 7) is 4.79. The van der Waals surface area contributed by atoms with Crippen LogP contribution in [0.2, 0.25) is 0 Å². The molecule has 1 N–H and O–H groups in total. The zero-order chi connectivity index (χ0) is 13.8. The Hall–Kier alpha value is -0.550. The van der Waals surface area contributed by atoms with Gasteiger partial charge in [-0.1, -0.05) is 35.8 Å². The van der Waals surface area contributed by atoms with E-state index in [1.54, 1.807) is 6.07 Å². The molecule has 1 atom stereocenters. The maximum absolute atomic E-state index is 12.8. The number of alkyl halides is 3. The number of benzene rings is 1. The molecule has 0 aliphatic carbocycles. The van der Waals surface area contributed by atoms with Gasteiger partial charge in [-0.2, -0.15) is 13.2 Å². The first kappa shape index (κ1) is 15.5. The Kier molecular flexibility index (Phi) is 5.66. The van der Waals surface area contributed by atoms with Crippen molar-refractivity contribution >= 4 is 15.9 Å². The fraction of sp³-hybridized carbons (Fsp3) is 0.538.